The Labute approximate surface area is 116 Å². The van der Waals surface area contributed by atoms with E-state index in [4.69, 9.17) is 0 Å². The molecule has 0 aliphatic heterocycles. The fraction of sp³-hybridized carbons (Fsp3) is 0.444. The van der Waals surface area contributed by atoms with Crippen molar-refractivity contribution in [2.24, 2.45) is 5.41 Å². The molecule has 0 radical (unpaired) electrons. The number of aliphatic hydroxyl groups excluding tert-OH is 1. The van der Waals surface area contributed by atoms with E-state index in [9.17, 15) is 5.11 Å². The molecule has 0 spiro atoms. The average Bonchev–Trinajstić information content (AvgIpc) is 2.97. The molecular weight excluding hydrogens is 232 g/mol. The van der Waals surface area contributed by atoms with Gasteiger partial charge in [0.15, 0.2) is 0 Å². The number of allylic oxidation sites excluding steroid dienone is 1. The molecule has 0 amide bonds. The number of hydrogen-bond acceptors (Lipinski definition) is 1. The van der Waals surface area contributed by atoms with Crippen LogP contribution in [0.15, 0.2) is 55.1 Å². The van der Waals surface area contributed by atoms with Crippen LogP contribution in [0.4, 0.5) is 0 Å². The number of rotatable bonds is 7. The first kappa shape index (κ1) is 14.1. The third-order valence-electron chi connectivity index (χ3n) is 4.80. The molecule has 1 heteroatoms. The Bertz CT molecular complexity index is 462. The SMILES string of the molecule is C=CC[C@]1(CCCC)C(=C)[C@@]1(CO)c1ccccc1. The highest BCUT2D eigenvalue weighted by Gasteiger charge is 2.69. The molecule has 102 valence electrons. The third kappa shape index (κ3) is 1.88. The maximum absolute atomic E-state index is 10.0. The summed E-state index contributed by atoms with van der Waals surface area (Å²) >= 11 is 0. The van der Waals surface area contributed by atoms with Crippen molar-refractivity contribution in [3.05, 3.63) is 60.7 Å². The van der Waals surface area contributed by atoms with Crippen molar-refractivity contribution in [2.75, 3.05) is 6.61 Å². The molecule has 0 unspecified atom stereocenters. The molecule has 1 N–H and O–H groups in total. The third-order valence-corrected chi connectivity index (χ3v) is 4.80. The minimum absolute atomic E-state index is 0.0147. The van der Waals surface area contributed by atoms with Crippen LogP contribution in [0.25, 0.3) is 0 Å². The minimum atomic E-state index is -0.252. The van der Waals surface area contributed by atoms with E-state index < -0.39 is 0 Å². The zero-order chi connectivity index (χ0) is 13.9. The first-order valence-corrected chi connectivity index (χ1v) is 7.16. The van der Waals surface area contributed by atoms with Gasteiger partial charge in [-0.3, -0.25) is 0 Å². The van der Waals surface area contributed by atoms with E-state index in [1.807, 2.05) is 24.3 Å². The van der Waals surface area contributed by atoms with Crippen LogP contribution in [0.3, 0.4) is 0 Å². The van der Waals surface area contributed by atoms with Crippen molar-refractivity contribution in [1.82, 2.24) is 0 Å². The maximum atomic E-state index is 10.0. The summed E-state index contributed by atoms with van der Waals surface area (Å²) in [6, 6.07) is 10.3. The molecule has 0 bridgehead atoms. The molecular formula is C18H24O. The second-order valence-electron chi connectivity index (χ2n) is 5.59. The van der Waals surface area contributed by atoms with Crippen molar-refractivity contribution in [1.29, 1.82) is 0 Å². The van der Waals surface area contributed by atoms with Gasteiger partial charge in [0.25, 0.3) is 0 Å². The Hall–Kier alpha value is -1.34. The Kier molecular flexibility index (Phi) is 3.96. The average molecular weight is 256 g/mol. The molecule has 1 fully saturated rings. The Balaban J connectivity index is 2.40. The van der Waals surface area contributed by atoms with E-state index in [1.165, 1.54) is 24.0 Å². The molecule has 19 heavy (non-hydrogen) atoms. The van der Waals surface area contributed by atoms with Gasteiger partial charge in [-0.1, -0.05) is 68.3 Å². The summed E-state index contributed by atoms with van der Waals surface area (Å²) in [5.41, 5.74) is 2.14. The van der Waals surface area contributed by atoms with Gasteiger partial charge in [-0.15, -0.1) is 6.58 Å². The fourth-order valence-corrected chi connectivity index (χ4v) is 3.65. The Morgan fingerprint density at radius 2 is 1.95 bits per heavy atom. The van der Waals surface area contributed by atoms with Gasteiger partial charge in [0.2, 0.25) is 0 Å². The van der Waals surface area contributed by atoms with Gasteiger partial charge in [0, 0.05) is 10.8 Å². The zero-order valence-electron chi connectivity index (χ0n) is 11.9. The molecule has 1 aliphatic carbocycles. The molecule has 1 aromatic carbocycles. The van der Waals surface area contributed by atoms with Gasteiger partial charge >= 0.3 is 0 Å². The fourth-order valence-electron chi connectivity index (χ4n) is 3.65. The molecule has 0 heterocycles. The van der Waals surface area contributed by atoms with E-state index in [1.54, 1.807) is 0 Å². The lowest BCUT2D eigenvalue weighted by Gasteiger charge is -2.23. The van der Waals surface area contributed by atoms with E-state index in [2.05, 4.69) is 32.2 Å². The molecule has 0 aromatic heterocycles. The van der Waals surface area contributed by atoms with Crippen molar-refractivity contribution in [3.63, 3.8) is 0 Å². The lowest BCUT2D eigenvalue weighted by molar-refractivity contribution is 0.216. The maximum Gasteiger partial charge on any atom is 0.0574 e. The highest BCUT2D eigenvalue weighted by Crippen LogP contribution is 2.72. The summed E-state index contributed by atoms with van der Waals surface area (Å²) in [5, 5.41) is 10.0. The summed E-state index contributed by atoms with van der Waals surface area (Å²) in [4.78, 5) is 0. The van der Waals surface area contributed by atoms with Gasteiger partial charge in [-0.25, -0.2) is 0 Å². The molecule has 2 atom stereocenters. The van der Waals surface area contributed by atoms with Gasteiger partial charge in [0.05, 0.1) is 6.61 Å². The van der Waals surface area contributed by atoms with E-state index in [-0.39, 0.29) is 17.4 Å². The lowest BCUT2D eigenvalue weighted by atomic mass is 9.81. The summed E-state index contributed by atoms with van der Waals surface area (Å²) in [5.74, 6) is 0. The highest BCUT2D eigenvalue weighted by molar-refractivity contribution is 5.58. The second-order valence-corrected chi connectivity index (χ2v) is 5.59. The van der Waals surface area contributed by atoms with Gasteiger partial charge in [-0.05, 0) is 18.4 Å². The summed E-state index contributed by atoms with van der Waals surface area (Å²) in [7, 11) is 0. The Morgan fingerprint density at radius 1 is 1.26 bits per heavy atom. The molecule has 1 nitrogen and oxygen atoms in total. The number of hydrogen-bond donors (Lipinski definition) is 1. The quantitative estimate of drug-likeness (QED) is 0.723. The number of aliphatic hydroxyl groups is 1. The van der Waals surface area contributed by atoms with Crippen molar-refractivity contribution >= 4 is 0 Å². The zero-order valence-corrected chi connectivity index (χ0v) is 11.9. The topological polar surface area (TPSA) is 20.2 Å². The monoisotopic (exact) mass is 256 g/mol. The van der Waals surface area contributed by atoms with Crippen LogP contribution in [0, 0.1) is 5.41 Å². The van der Waals surface area contributed by atoms with Crippen LogP contribution in [-0.2, 0) is 5.41 Å². The van der Waals surface area contributed by atoms with Gasteiger partial charge < -0.3 is 5.11 Å². The molecule has 1 saturated carbocycles. The molecule has 0 saturated heterocycles. The predicted octanol–water partition coefficient (Wildman–Crippen LogP) is 4.24. The Morgan fingerprint density at radius 3 is 2.47 bits per heavy atom. The van der Waals surface area contributed by atoms with Gasteiger partial charge in [0.1, 0.15) is 0 Å². The largest absolute Gasteiger partial charge is 0.395 e. The first-order valence-electron chi connectivity index (χ1n) is 7.16. The number of unbranched alkanes of at least 4 members (excludes halogenated alkanes) is 1. The number of benzene rings is 1. The van der Waals surface area contributed by atoms with Crippen LogP contribution < -0.4 is 0 Å². The van der Waals surface area contributed by atoms with Crippen LogP contribution in [0.1, 0.15) is 38.2 Å². The van der Waals surface area contributed by atoms with Crippen molar-refractivity contribution < 1.29 is 5.11 Å². The first-order chi connectivity index (χ1) is 9.19. The smallest absolute Gasteiger partial charge is 0.0574 e. The van der Waals surface area contributed by atoms with Crippen LogP contribution >= 0.6 is 0 Å². The van der Waals surface area contributed by atoms with E-state index in [0.717, 1.165) is 12.8 Å². The minimum Gasteiger partial charge on any atom is -0.395 e. The summed E-state index contributed by atoms with van der Waals surface area (Å²) in [6.07, 6.45) is 6.30. The van der Waals surface area contributed by atoms with Crippen LogP contribution in [-0.4, -0.2) is 11.7 Å². The second kappa shape index (κ2) is 5.34. The van der Waals surface area contributed by atoms with Gasteiger partial charge in [-0.2, -0.15) is 0 Å². The summed E-state index contributed by atoms with van der Waals surface area (Å²) in [6.45, 7) is 10.5. The van der Waals surface area contributed by atoms with Crippen molar-refractivity contribution in [3.8, 4) is 0 Å². The van der Waals surface area contributed by atoms with Crippen LogP contribution in [0.5, 0.6) is 0 Å². The molecule has 1 aliphatic rings. The predicted molar refractivity (Wildman–Crippen MR) is 81.1 cm³/mol. The molecule has 1 aromatic rings. The highest BCUT2D eigenvalue weighted by atomic mass is 16.3. The van der Waals surface area contributed by atoms with E-state index in [0.29, 0.717) is 0 Å². The lowest BCUT2D eigenvalue weighted by Crippen LogP contribution is -2.23. The van der Waals surface area contributed by atoms with E-state index >= 15 is 0 Å². The normalized spacial score (nSPS) is 29.3. The standard InChI is InChI=1S/C18H24O/c1-4-6-13-17(12-5-2)15(3)18(17,14-19)16-10-8-7-9-11-16/h5,7-11,19H,2-4,6,12-14H2,1H3/t17-,18-/m0/s1. The molecule has 2 rings (SSSR count). The van der Waals surface area contributed by atoms with Crippen LogP contribution in [0.2, 0.25) is 0 Å². The van der Waals surface area contributed by atoms with Crippen molar-refractivity contribution in [2.45, 2.75) is 38.0 Å². The summed E-state index contributed by atoms with van der Waals surface area (Å²) < 4.78 is 0.